The third-order valence-electron chi connectivity index (χ3n) is 1.64. The summed E-state index contributed by atoms with van der Waals surface area (Å²) in [5, 5.41) is 0. The topological polar surface area (TPSA) is 52.3 Å². The van der Waals surface area contributed by atoms with Gasteiger partial charge >= 0.3 is 5.97 Å². The van der Waals surface area contributed by atoms with E-state index in [2.05, 4.69) is 0 Å². The molecule has 0 saturated carbocycles. The number of esters is 1. The fourth-order valence-corrected chi connectivity index (χ4v) is 0.585. The number of carbonyl (C=O) groups is 1. The van der Waals surface area contributed by atoms with Crippen LogP contribution in [0.4, 0.5) is 4.39 Å². The van der Waals surface area contributed by atoms with Crippen LogP contribution in [0.3, 0.4) is 0 Å². The van der Waals surface area contributed by atoms with Crippen LogP contribution in [0.1, 0.15) is 6.92 Å². The van der Waals surface area contributed by atoms with Crippen molar-refractivity contribution < 1.29 is 18.4 Å². The second kappa shape index (κ2) is 5.14. The summed E-state index contributed by atoms with van der Waals surface area (Å²) < 4.78 is 17.2. The molecule has 78 valence electrons. The van der Waals surface area contributed by atoms with Crippen LogP contribution in [0, 0.1) is 0 Å². The lowest BCUT2D eigenvalue weighted by molar-refractivity contribution is -0.902. The van der Waals surface area contributed by atoms with E-state index in [1.807, 2.05) is 0 Å². The number of hydrogen-bond acceptors (Lipinski definition) is 3. The molecule has 0 aliphatic rings. The Morgan fingerprint density at radius 2 is 2.15 bits per heavy atom. The van der Waals surface area contributed by atoms with Gasteiger partial charge in [0.1, 0.15) is 19.2 Å². The van der Waals surface area contributed by atoms with Gasteiger partial charge in [0.15, 0.2) is 0 Å². The highest BCUT2D eigenvalue weighted by Gasteiger charge is 2.15. The highest BCUT2D eigenvalue weighted by atomic mass is 19.1. The number of quaternary nitrogens is 1. The first-order chi connectivity index (χ1) is 5.89. The summed E-state index contributed by atoms with van der Waals surface area (Å²) in [6.07, 6.45) is 0. The Hall–Kier alpha value is -0.680. The molecule has 0 saturated heterocycles. The van der Waals surface area contributed by atoms with Crippen LogP contribution in [0.25, 0.3) is 0 Å². The van der Waals surface area contributed by atoms with Gasteiger partial charge in [0.25, 0.3) is 0 Å². The first-order valence-electron chi connectivity index (χ1n) is 4.19. The predicted molar refractivity (Wildman–Crippen MR) is 47.6 cm³/mol. The Kier molecular flexibility index (Phi) is 4.87. The quantitative estimate of drug-likeness (QED) is 0.376. The van der Waals surface area contributed by atoms with E-state index in [-0.39, 0.29) is 11.1 Å². The van der Waals surface area contributed by atoms with E-state index in [4.69, 9.17) is 10.5 Å². The summed E-state index contributed by atoms with van der Waals surface area (Å²) in [5.41, 5.74) is 5.26. The minimum Gasteiger partial charge on any atom is -0.459 e. The maximum Gasteiger partial charge on any atom is 0.322 e. The first kappa shape index (κ1) is 12.3. The molecule has 0 fully saturated rings. The maximum atomic E-state index is 12.3. The van der Waals surface area contributed by atoms with Crippen LogP contribution in [0.2, 0.25) is 0 Å². The van der Waals surface area contributed by atoms with Crippen molar-refractivity contribution in [2.45, 2.75) is 13.0 Å². The minimum absolute atomic E-state index is 0.187. The molecular weight excluding hydrogens is 175 g/mol. The molecule has 0 aliphatic heterocycles. The molecule has 4 nitrogen and oxygen atoms in total. The zero-order valence-electron chi connectivity index (χ0n) is 8.42. The van der Waals surface area contributed by atoms with E-state index in [0.717, 1.165) is 0 Å². The predicted octanol–water partition coefficient (Wildman–Crippen LogP) is -0.120. The number of halogens is 1. The van der Waals surface area contributed by atoms with Gasteiger partial charge in [0.05, 0.1) is 14.1 Å². The van der Waals surface area contributed by atoms with Gasteiger partial charge in [-0.25, -0.2) is 0 Å². The van der Waals surface area contributed by atoms with Gasteiger partial charge in [-0.05, 0) is 6.92 Å². The molecule has 2 N–H and O–H groups in total. The third kappa shape index (κ3) is 5.54. The van der Waals surface area contributed by atoms with Crippen molar-refractivity contribution in [2.24, 2.45) is 5.73 Å². The number of hydrogen-bond donors (Lipinski definition) is 1. The summed E-state index contributed by atoms with van der Waals surface area (Å²) in [6.45, 7) is 1.74. The van der Waals surface area contributed by atoms with Crippen molar-refractivity contribution in [3.8, 4) is 0 Å². The molecule has 0 radical (unpaired) electrons. The summed E-state index contributed by atoms with van der Waals surface area (Å²) in [4.78, 5) is 10.9. The SMILES string of the molecule is C[C@H](N)C(=O)OCC[N+](C)(C)CF. The van der Waals surface area contributed by atoms with Gasteiger partial charge in [-0.1, -0.05) is 0 Å². The molecule has 0 unspecified atom stereocenters. The van der Waals surface area contributed by atoms with Gasteiger partial charge in [0.2, 0.25) is 6.80 Å². The second-order valence-corrected chi connectivity index (χ2v) is 3.74. The average molecular weight is 193 g/mol. The van der Waals surface area contributed by atoms with Crippen molar-refractivity contribution >= 4 is 5.97 Å². The molecule has 0 amide bonds. The summed E-state index contributed by atoms with van der Waals surface area (Å²) in [7, 11) is 3.44. The second-order valence-electron chi connectivity index (χ2n) is 3.74. The molecule has 5 heteroatoms. The third-order valence-corrected chi connectivity index (χ3v) is 1.64. The van der Waals surface area contributed by atoms with Crippen LogP contribution >= 0.6 is 0 Å². The van der Waals surface area contributed by atoms with Crippen LogP contribution < -0.4 is 5.73 Å². The van der Waals surface area contributed by atoms with E-state index in [1.165, 1.54) is 0 Å². The van der Waals surface area contributed by atoms with E-state index < -0.39 is 18.8 Å². The van der Waals surface area contributed by atoms with E-state index >= 15 is 0 Å². The van der Waals surface area contributed by atoms with Crippen molar-refractivity contribution in [3.63, 3.8) is 0 Å². The Labute approximate surface area is 78.0 Å². The highest BCUT2D eigenvalue weighted by molar-refractivity contribution is 5.74. The maximum absolute atomic E-state index is 12.3. The van der Waals surface area contributed by atoms with E-state index in [1.54, 1.807) is 21.0 Å². The number of likely N-dealkylation sites (N-methyl/N-ethyl adjacent to an activating group) is 1. The van der Waals surface area contributed by atoms with E-state index in [0.29, 0.717) is 6.54 Å². The molecule has 0 heterocycles. The molecule has 0 aromatic carbocycles. The molecule has 13 heavy (non-hydrogen) atoms. The number of rotatable bonds is 5. The Morgan fingerprint density at radius 3 is 2.54 bits per heavy atom. The smallest absolute Gasteiger partial charge is 0.322 e. The van der Waals surface area contributed by atoms with Gasteiger partial charge in [-0.2, -0.15) is 4.39 Å². The molecule has 0 aromatic rings. The molecule has 1 atom stereocenters. The standard InChI is InChI=1S/C8H18FN2O2/c1-7(10)8(12)13-5-4-11(2,3)6-9/h7H,4-6,10H2,1-3H3/q+1/t7-/m0/s1. The van der Waals surface area contributed by atoms with Gasteiger partial charge in [0, 0.05) is 0 Å². The molecule has 0 aliphatic carbocycles. The van der Waals surface area contributed by atoms with Crippen molar-refractivity contribution in [2.75, 3.05) is 34.0 Å². The molecule has 0 spiro atoms. The fraction of sp³-hybridized carbons (Fsp3) is 0.875. The number of ether oxygens (including phenoxy) is 1. The molecule has 0 rings (SSSR count). The first-order valence-corrected chi connectivity index (χ1v) is 4.19. The Morgan fingerprint density at radius 1 is 1.62 bits per heavy atom. The summed E-state index contributed by atoms with van der Waals surface area (Å²) >= 11 is 0. The monoisotopic (exact) mass is 193 g/mol. The van der Waals surface area contributed by atoms with Crippen LogP contribution in [0.5, 0.6) is 0 Å². The zero-order chi connectivity index (χ0) is 10.5. The molecular formula is C8H18FN2O2+. The highest BCUT2D eigenvalue weighted by Crippen LogP contribution is 1.96. The summed E-state index contributed by atoms with van der Waals surface area (Å²) in [6, 6.07) is -0.610. The van der Waals surface area contributed by atoms with Crippen molar-refractivity contribution in [1.29, 1.82) is 0 Å². The molecule has 0 aromatic heterocycles. The normalized spacial score (nSPS) is 13.9. The van der Waals surface area contributed by atoms with Crippen LogP contribution in [-0.4, -0.2) is 50.5 Å². The summed E-state index contributed by atoms with van der Waals surface area (Å²) in [5.74, 6) is -0.446. The van der Waals surface area contributed by atoms with Crippen LogP contribution in [-0.2, 0) is 9.53 Å². The van der Waals surface area contributed by atoms with Gasteiger partial charge in [-0.3, -0.25) is 9.28 Å². The lowest BCUT2D eigenvalue weighted by atomic mass is 10.4. The lowest BCUT2D eigenvalue weighted by Gasteiger charge is -2.25. The average Bonchev–Trinajstić information content (AvgIpc) is 2.04. The van der Waals surface area contributed by atoms with Crippen molar-refractivity contribution in [1.82, 2.24) is 0 Å². The number of alkyl halides is 1. The van der Waals surface area contributed by atoms with Crippen LogP contribution in [0.15, 0.2) is 0 Å². The number of nitrogens with two attached hydrogens (primary N) is 1. The van der Waals surface area contributed by atoms with E-state index in [9.17, 15) is 9.18 Å². The lowest BCUT2D eigenvalue weighted by Crippen LogP contribution is -2.42. The van der Waals surface area contributed by atoms with Gasteiger partial charge in [-0.15, -0.1) is 0 Å². The largest absolute Gasteiger partial charge is 0.459 e. The van der Waals surface area contributed by atoms with Gasteiger partial charge < -0.3 is 10.5 Å². The zero-order valence-corrected chi connectivity index (χ0v) is 8.42. The minimum atomic E-state index is -0.610. The Balaban J connectivity index is 3.62. The number of nitrogens with zero attached hydrogens (tertiary/aromatic N) is 1. The van der Waals surface area contributed by atoms with Crippen molar-refractivity contribution in [3.05, 3.63) is 0 Å². The molecule has 0 bridgehead atoms. The Bertz CT molecular complexity index is 172. The fourth-order valence-electron chi connectivity index (χ4n) is 0.585. The number of carbonyl (C=O) groups excluding carboxylic acids is 1.